The first-order chi connectivity index (χ1) is 16.8. The zero-order chi connectivity index (χ0) is 24.6. The standard InChI is InChI=1S/C26H17Cl2F3N4/c27-19-11-9-18(10-12-19)21-14-24-33-32-23(13-16-5-7-17(8-6-16)15-26(29,30)31)35(24)34-25(21)20-3-1-2-4-22(20)28/h1-12,14H,13,15H2. The molecule has 0 bridgehead atoms. The molecule has 0 saturated heterocycles. The smallest absolute Gasteiger partial charge is 0.196 e. The Morgan fingerprint density at radius 2 is 1.46 bits per heavy atom. The summed E-state index contributed by atoms with van der Waals surface area (Å²) in [6, 6.07) is 23.0. The molecule has 0 aliphatic rings. The highest BCUT2D eigenvalue weighted by Gasteiger charge is 2.27. The Morgan fingerprint density at radius 3 is 2.14 bits per heavy atom. The van der Waals surface area contributed by atoms with E-state index in [1.54, 1.807) is 34.8 Å². The van der Waals surface area contributed by atoms with Crippen LogP contribution in [0.3, 0.4) is 0 Å². The zero-order valence-electron chi connectivity index (χ0n) is 18.1. The van der Waals surface area contributed by atoms with Gasteiger partial charge >= 0.3 is 6.18 Å². The van der Waals surface area contributed by atoms with E-state index in [1.165, 1.54) is 12.1 Å². The van der Waals surface area contributed by atoms with Gasteiger partial charge in [-0.25, -0.2) is 0 Å². The highest BCUT2D eigenvalue weighted by atomic mass is 35.5. The number of fused-ring (bicyclic) bond motifs is 1. The summed E-state index contributed by atoms with van der Waals surface area (Å²) < 4.78 is 39.6. The molecule has 35 heavy (non-hydrogen) atoms. The second-order valence-electron chi connectivity index (χ2n) is 8.06. The van der Waals surface area contributed by atoms with E-state index in [4.69, 9.17) is 28.3 Å². The zero-order valence-corrected chi connectivity index (χ0v) is 19.6. The van der Waals surface area contributed by atoms with Crippen molar-refractivity contribution in [2.24, 2.45) is 0 Å². The maximum Gasteiger partial charge on any atom is 0.393 e. The van der Waals surface area contributed by atoms with Crippen molar-refractivity contribution < 1.29 is 13.2 Å². The Bertz CT molecular complexity index is 1490. The molecular formula is C26H17Cl2F3N4. The number of benzene rings is 3. The molecule has 0 saturated carbocycles. The summed E-state index contributed by atoms with van der Waals surface area (Å²) in [5, 5.41) is 14.6. The van der Waals surface area contributed by atoms with Crippen LogP contribution in [0.1, 0.15) is 17.0 Å². The van der Waals surface area contributed by atoms with Crippen molar-refractivity contribution in [2.75, 3.05) is 0 Å². The van der Waals surface area contributed by atoms with Gasteiger partial charge in [0.15, 0.2) is 11.5 Å². The van der Waals surface area contributed by atoms with Crippen molar-refractivity contribution in [1.29, 1.82) is 0 Å². The van der Waals surface area contributed by atoms with Gasteiger partial charge in [0.2, 0.25) is 0 Å². The van der Waals surface area contributed by atoms with Crippen molar-refractivity contribution in [3.05, 3.63) is 106 Å². The van der Waals surface area contributed by atoms with Crippen LogP contribution in [0.4, 0.5) is 13.2 Å². The van der Waals surface area contributed by atoms with Gasteiger partial charge in [-0.2, -0.15) is 22.8 Å². The molecule has 4 nitrogen and oxygen atoms in total. The van der Waals surface area contributed by atoms with Crippen LogP contribution in [0, 0.1) is 0 Å². The molecule has 2 heterocycles. The third-order valence-corrected chi connectivity index (χ3v) is 6.11. The SMILES string of the molecule is FC(F)(F)Cc1ccc(Cc2nnc3cc(-c4ccc(Cl)cc4)c(-c4ccccc4Cl)nn23)cc1. The van der Waals surface area contributed by atoms with Gasteiger partial charge < -0.3 is 0 Å². The third kappa shape index (κ3) is 5.16. The predicted molar refractivity (Wildman–Crippen MR) is 131 cm³/mol. The Hall–Kier alpha value is -3.42. The minimum Gasteiger partial charge on any atom is -0.196 e. The number of nitrogens with zero attached hydrogens (tertiary/aromatic N) is 4. The van der Waals surface area contributed by atoms with Gasteiger partial charge in [-0.15, -0.1) is 10.2 Å². The fourth-order valence-electron chi connectivity index (χ4n) is 3.88. The molecule has 0 radical (unpaired) electrons. The van der Waals surface area contributed by atoms with Crippen LogP contribution in [0.25, 0.3) is 28.0 Å². The molecule has 176 valence electrons. The van der Waals surface area contributed by atoms with Gasteiger partial charge in [0.05, 0.1) is 11.4 Å². The molecule has 0 aliphatic heterocycles. The number of rotatable bonds is 5. The Kier molecular flexibility index (Phi) is 6.21. The Balaban J connectivity index is 1.57. The summed E-state index contributed by atoms with van der Waals surface area (Å²) in [6.07, 6.45) is -4.86. The van der Waals surface area contributed by atoms with Gasteiger partial charge in [0, 0.05) is 22.6 Å². The lowest BCUT2D eigenvalue weighted by molar-refractivity contribution is -0.127. The minimum atomic E-state index is -4.24. The summed E-state index contributed by atoms with van der Waals surface area (Å²) in [4.78, 5) is 0. The van der Waals surface area contributed by atoms with Crippen LogP contribution >= 0.6 is 23.2 Å². The molecule has 0 N–H and O–H groups in total. The van der Waals surface area contributed by atoms with Crippen LogP contribution in [0.15, 0.2) is 78.9 Å². The molecular weight excluding hydrogens is 496 g/mol. The molecule has 0 aliphatic carbocycles. The van der Waals surface area contributed by atoms with Gasteiger partial charge in [0.1, 0.15) is 5.69 Å². The Morgan fingerprint density at radius 1 is 0.771 bits per heavy atom. The lowest BCUT2D eigenvalue weighted by Gasteiger charge is -2.12. The molecule has 0 spiro atoms. The number of aromatic nitrogens is 4. The predicted octanol–water partition coefficient (Wildman–Crippen LogP) is 7.46. The maximum atomic E-state index is 12.7. The third-order valence-electron chi connectivity index (χ3n) is 5.53. The van der Waals surface area contributed by atoms with Gasteiger partial charge in [-0.3, -0.25) is 0 Å². The maximum absolute atomic E-state index is 12.7. The van der Waals surface area contributed by atoms with Crippen LogP contribution in [0.5, 0.6) is 0 Å². The normalized spacial score (nSPS) is 11.8. The fourth-order valence-corrected chi connectivity index (χ4v) is 4.23. The average molecular weight is 513 g/mol. The quantitative estimate of drug-likeness (QED) is 0.245. The number of hydrogen-bond acceptors (Lipinski definition) is 3. The molecule has 5 rings (SSSR count). The van der Waals surface area contributed by atoms with E-state index in [1.807, 2.05) is 36.4 Å². The van der Waals surface area contributed by atoms with E-state index in [0.717, 1.165) is 22.3 Å². The van der Waals surface area contributed by atoms with Crippen molar-refractivity contribution in [1.82, 2.24) is 19.8 Å². The Labute approximate surface area is 209 Å². The van der Waals surface area contributed by atoms with Crippen LogP contribution in [0.2, 0.25) is 10.0 Å². The van der Waals surface area contributed by atoms with E-state index < -0.39 is 12.6 Å². The molecule has 0 atom stereocenters. The van der Waals surface area contributed by atoms with Crippen molar-refractivity contribution in [3.63, 3.8) is 0 Å². The number of alkyl halides is 3. The van der Waals surface area contributed by atoms with Crippen molar-refractivity contribution in [2.45, 2.75) is 19.0 Å². The first-order valence-electron chi connectivity index (χ1n) is 10.7. The topological polar surface area (TPSA) is 43.1 Å². The summed E-state index contributed by atoms with van der Waals surface area (Å²) in [7, 11) is 0. The average Bonchev–Trinajstić information content (AvgIpc) is 3.21. The van der Waals surface area contributed by atoms with E-state index in [9.17, 15) is 13.2 Å². The van der Waals surface area contributed by atoms with E-state index >= 15 is 0 Å². The van der Waals surface area contributed by atoms with Crippen LogP contribution < -0.4 is 0 Å². The van der Waals surface area contributed by atoms with Crippen LogP contribution in [-0.4, -0.2) is 26.0 Å². The molecule has 5 aromatic rings. The summed E-state index contributed by atoms with van der Waals surface area (Å²) in [5.41, 5.74) is 4.65. The van der Waals surface area contributed by atoms with Gasteiger partial charge in [-0.1, -0.05) is 77.8 Å². The summed E-state index contributed by atoms with van der Waals surface area (Å²) in [5.74, 6) is 0.555. The summed E-state index contributed by atoms with van der Waals surface area (Å²) in [6.45, 7) is 0. The lowest BCUT2D eigenvalue weighted by Crippen LogP contribution is -2.11. The van der Waals surface area contributed by atoms with Gasteiger partial charge in [0.25, 0.3) is 0 Å². The first kappa shape index (κ1) is 23.3. The summed E-state index contributed by atoms with van der Waals surface area (Å²) >= 11 is 12.6. The van der Waals surface area contributed by atoms with Crippen molar-refractivity contribution in [3.8, 4) is 22.4 Å². The van der Waals surface area contributed by atoms with E-state index in [2.05, 4.69) is 10.2 Å². The molecule has 3 aromatic carbocycles. The number of hydrogen-bond donors (Lipinski definition) is 0. The van der Waals surface area contributed by atoms with Gasteiger partial charge in [-0.05, 0) is 41.0 Å². The largest absolute Gasteiger partial charge is 0.393 e. The first-order valence-corrected chi connectivity index (χ1v) is 11.4. The number of halogens is 5. The monoisotopic (exact) mass is 512 g/mol. The molecule has 2 aromatic heterocycles. The fraction of sp³-hybridized carbons (Fsp3) is 0.115. The highest BCUT2D eigenvalue weighted by molar-refractivity contribution is 6.33. The molecule has 0 unspecified atom stereocenters. The highest BCUT2D eigenvalue weighted by Crippen LogP contribution is 2.35. The molecule has 0 amide bonds. The van der Waals surface area contributed by atoms with Crippen LogP contribution in [-0.2, 0) is 12.8 Å². The van der Waals surface area contributed by atoms with Crippen molar-refractivity contribution >= 4 is 28.8 Å². The lowest BCUT2D eigenvalue weighted by atomic mass is 10.00. The van der Waals surface area contributed by atoms with E-state index in [-0.39, 0.29) is 5.56 Å². The minimum absolute atomic E-state index is 0.207. The van der Waals surface area contributed by atoms with E-state index in [0.29, 0.717) is 33.6 Å². The molecule has 9 heteroatoms. The molecule has 0 fully saturated rings. The second kappa shape index (κ2) is 9.32. The second-order valence-corrected chi connectivity index (χ2v) is 8.91.